The summed E-state index contributed by atoms with van der Waals surface area (Å²) in [6.45, 7) is 7.21. The zero-order valence-corrected chi connectivity index (χ0v) is 20.0. The van der Waals surface area contributed by atoms with E-state index in [-0.39, 0.29) is 17.6 Å². The summed E-state index contributed by atoms with van der Waals surface area (Å²) in [4.78, 5) is 11.5. The summed E-state index contributed by atoms with van der Waals surface area (Å²) in [7, 11) is 1.55. The van der Waals surface area contributed by atoms with Crippen LogP contribution in [0.2, 0.25) is 0 Å². The Balaban J connectivity index is 1.57. The molecule has 0 amide bonds. The van der Waals surface area contributed by atoms with Crippen LogP contribution in [0.25, 0.3) is 10.8 Å². The van der Waals surface area contributed by atoms with Crippen LogP contribution in [0, 0.1) is 5.82 Å². The number of hydrogen-bond acceptors (Lipinski definition) is 8. The molecule has 2 unspecified atom stereocenters. The van der Waals surface area contributed by atoms with Gasteiger partial charge >= 0.3 is 6.02 Å². The predicted octanol–water partition coefficient (Wildman–Crippen LogP) is 3.78. The summed E-state index contributed by atoms with van der Waals surface area (Å²) in [5.74, 6) is 0.652. The number of amidine groups is 2. The highest BCUT2D eigenvalue weighted by Gasteiger charge is 2.34. The number of allylic oxidation sites excluding steroid dienone is 1. The second-order valence-corrected chi connectivity index (χ2v) is 9.08. The number of fused-ring (bicyclic) bond motifs is 3. The molecule has 5 rings (SSSR count). The number of likely N-dealkylation sites (tertiary alicyclic amines) is 1. The largest absolute Gasteiger partial charge is 0.508 e. The molecule has 35 heavy (non-hydrogen) atoms. The zero-order chi connectivity index (χ0) is 24.5. The number of rotatable bonds is 4. The predicted molar refractivity (Wildman–Crippen MR) is 137 cm³/mol. The van der Waals surface area contributed by atoms with Crippen LogP contribution in [-0.4, -0.2) is 66.6 Å². The van der Waals surface area contributed by atoms with Crippen LogP contribution >= 0.6 is 0 Å². The van der Waals surface area contributed by atoms with Crippen LogP contribution in [0.15, 0.2) is 56.2 Å². The maximum Gasteiger partial charge on any atom is 0.318 e. The maximum atomic E-state index is 14.7. The van der Waals surface area contributed by atoms with E-state index in [9.17, 15) is 9.50 Å². The number of phenolic OH excluding ortho intramolecular Hbond substituents is 1. The second kappa shape index (κ2) is 9.58. The number of ether oxygens (including phenoxy) is 1. The van der Waals surface area contributed by atoms with E-state index in [4.69, 9.17) is 4.74 Å². The van der Waals surface area contributed by atoms with E-state index >= 15 is 0 Å². The summed E-state index contributed by atoms with van der Waals surface area (Å²) < 4.78 is 20.1. The third-order valence-corrected chi connectivity index (χ3v) is 6.83. The summed E-state index contributed by atoms with van der Waals surface area (Å²) in [5, 5.41) is 23.5. The molecule has 2 atom stereocenters. The van der Waals surface area contributed by atoms with Gasteiger partial charge in [-0.05, 0) is 59.9 Å². The smallest absolute Gasteiger partial charge is 0.318 e. The Morgan fingerprint density at radius 1 is 1.29 bits per heavy atom. The van der Waals surface area contributed by atoms with Crippen molar-refractivity contribution in [3.8, 4) is 5.75 Å². The molecule has 3 aliphatic rings. The number of piperazine rings is 1. The van der Waals surface area contributed by atoms with Gasteiger partial charge in [0.2, 0.25) is 0 Å². The minimum absolute atomic E-state index is 0.0552. The number of aryl methyl sites for hydroxylation is 1. The molecule has 2 saturated heterocycles. The average molecular weight is 477 g/mol. The van der Waals surface area contributed by atoms with Crippen LogP contribution in [0.4, 0.5) is 4.39 Å². The summed E-state index contributed by atoms with van der Waals surface area (Å²) in [6, 6.07) is 7.49. The fourth-order valence-corrected chi connectivity index (χ4v) is 5.31. The Hall–Kier alpha value is -3.59. The number of aliphatic imine (C=N–C) groups is 2. The van der Waals surface area contributed by atoms with Gasteiger partial charge in [-0.25, -0.2) is 4.39 Å². The Morgan fingerprint density at radius 2 is 2.06 bits per heavy atom. The van der Waals surface area contributed by atoms with Gasteiger partial charge in [-0.1, -0.05) is 13.0 Å². The second-order valence-electron chi connectivity index (χ2n) is 9.08. The van der Waals surface area contributed by atoms with E-state index < -0.39 is 0 Å². The zero-order valence-electron chi connectivity index (χ0n) is 20.0. The highest BCUT2D eigenvalue weighted by atomic mass is 19.1. The van der Waals surface area contributed by atoms with E-state index in [0.29, 0.717) is 52.8 Å². The highest BCUT2D eigenvalue weighted by molar-refractivity contribution is 6.18. The van der Waals surface area contributed by atoms with Crippen LogP contribution in [0.3, 0.4) is 0 Å². The number of nitrogens with zero attached hydrogens (tertiary/aromatic N) is 5. The number of nitrogens with one attached hydrogen (secondary N) is 1. The van der Waals surface area contributed by atoms with Crippen molar-refractivity contribution in [1.29, 1.82) is 0 Å². The van der Waals surface area contributed by atoms with Crippen LogP contribution in [-0.2, 0) is 11.2 Å². The molecule has 0 saturated carbocycles. The van der Waals surface area contributed by atoms with Crippen LogP contribution in [0.5, 0.6) is 5.75 Å². The molecule has 0 aliphatic carbocycles. The van der Waals surface area contributed by atoms with E-state index in [1.54, 1.807) is 31.4 Å². The van der Waals surface area contributed by atoms with Gasteiger partial charge in [-0.2, -0.15) is 20.2 Å². The SMILES string of the molecule is C=N/N=C(\C=C1/CC(N2CC3CCC(C2)N3)=NC(OC)=N1)c1cc(O)cc2ccc(F)c(CC)c12. The van der Waals surface area contributed by atoms with Crippen LogP contribution < -0.4 is 5.32 Å². The minimum atomic E-state index is -0.300. The first-order valence-corrected chi connectivity index (χ1v) is 11.9. The number of methoxy groups -OCH3 is 1. The minimum Gasteiger partial charge on any atom is -0.508 e. The van der Waals surface area contributed by atoms with Gasteiger partial charge in [0.05, 0.1) is 18.5 Å². The van der Waals surface area contributed by atoms with Crippen molar-refractivity contribution < 1.29 is 14.2 Å². The van der Waals surface area contributed by atoms with E-state index in [0.717, 1.165) is 24.3 Å². The van der Waals surface area contributed by atoms with Gasteiger partial charge in [0.1, 0.15) is 17.4 Å². The molecule has 2 fully saturated rings. The third-order valence-electron chi connectivity index (χ3n) is 6.83. The molecule has 2 bridgehead atoms. The normalized spacial score (nSPS) is 23.5. The number of phenols is 1. The van der Waals surface area contributed by atoms with Crippen LogP contribution in [0.1, 0.15) is 37.3 Å². The van der Waals surface area contributed by atoms with Crippen molar-refractivity contribution in [3.63, 3.8) is 0 Å². The first kappa shape index (κ1) is 23.2. The number of halogens is 1. The molecule has 2 N–H and O–H groups in total. The van der Waals surface area contributed by atoms with Gasteiger partial charge < -0.3 is 20.1 Å². The lowest BCUT2D eigenvalue weighted by molar-refractivity contribution is 0.284. The lowest BCUT2D eigenvalue weighted by Gasteiger charge is -2.36. The van der Waals surface area contributed by atoms with E-state index in [2.05, 4.69) is 37.1 Å². The Bertz CT molecular complexity index is 1290. The number of aromatic hydroxyl groups is 1. The van der Waals surface area contributed by atoms with E-state index in [1.165, 1.54) is 18.9 Å². The molecule has 0 spiro atoms. The Kier molecular flexibility index (Phi) is 6.34. The van der Waals surface area contributed by atoms with Crippen molar-refractivity contribution in [2.75, 3.05) is 20.2 Å². The Morgan fingerprint density at radius 3 is 2.74 bits per heavy atom. The van der Waals surface area contributed by atoms with Gasteiger partial charge in [0, 0.05) is 43.9 Å². The lowest BCUT2D eigenvalue weighted by Crippen LogP contribution is -2.53. The molecule has 3 heterocycles. The fourth-order valence-electron chi connectivity index (χ4n) is 5.31. The lowest BCUT2D eigenvalue weighted by atomic mass is 9.93. The van der Waals surface area contributed by atoms with Crippen molar-refractivity contribution in [3.05, 3.63) is 53.0 Å². The quantitative estimate of drug-likeness (QED) is 0.519. The standard InChI is InChI=1S/C26H29FN6O2/c1-4-20-22(27)8-5-15-9-19(34)12-21(25(15)20)23(32-28-2)10-18-11-24(31-26(30-18)35-3)33-13-16-6-7-17(14-33)29-16/h5,8-10,12,16-17,29,34H,2,4,6-7,11,13-14H2,1,3H3/b18-10+,32-23+. The fraction of sp³-hybridized carbons (Fsp3) is 0.385. The highest BCUT2D eigenvalue weighted by Crippen LogP contribution is 2.32. The first-order valence-electron chi connectivity index (χ1n) is 11.9. The molecule has 182 valence electrons. The van der Waals surface area contributed by atoms with Crippen molar-refractivity contribution in [1.82, 2.24) is 10.2 Å². The molecule has 2 aromatic rings. The average Bonchev–Trinajstić information content (AvgIpc) is 3.20. The first-order chi connectivity index (χ1) is 17.0. The van der Waals surface area contributed by atoms with Crippen molar-refractivity contribution >= 4 is 35.1 Å². The molecule has 8 nitrogen and oxygen atoms in total. The third kappa shape index (κ3) is 4.55. The molecule has 0 aromatic heterocycles. The summed E-state index contributed by atoms with van der Waals surface area (Å²) in [5.41, 5.74) is 2.23. The van der Waals surface area contributed by atoms with Crippen molar-refractivity contribution in [2.45, 2.75) is 44.7 Å². The monoisotopic (exact) mass is 476 g/mol. The Labute approximate surface area is 203 Å². The molecule has 2 aromatic carbocycles. The summed E-state index contributed by atoms with van der Waals surface area (Å²) in [6.07, 6.45) is 5.11. The van der Waals surface area contributed by atoms with Gasteiger partial charge in [0.15, 0.2) is 0 Å². The van der Waals surface area contributed by atoms with Crippen molar-refractivity contribution in [2.24, 2.45) is 20.2 Å². The van der Waals surface area contributed by atoms with Gasteiger partial charge in [-0.15, -0.1) is 0 Å². The van der Waals surface area contributed by atoms with E-state index in [1.807, 2.05) is 6.92 Å². The topological polar surface area (TPSA) is 94.2 Å². The van der Waals surface area contributed by atoms with Gasteiger partial charge in [0.25, 0.3) is 0 Å². The molecular formula is C26H29FN6O2. The maximum absolute atomic E-state index is 14.7. The molecule has 9 heteroatoms. The molecular weight excluding hydrogens is 447 g/mol. The number of hydrogen-bond donors (Lipinski definition) is 2. The summed E-state index contributed by atoms with van der Waals surface area (Å²) >= 11 is 0. The molecule has 0 radical (unpaired) electrons. The number of benzene rings is 2. The van der Waals surface area contributed by atoms with Gasteiger partial charge in [-0.3, -0.25) is 0 Å². The molecule has 3 aliphatic heterocycles.